The highest BCUT2D eigenvalue weighted by Crippen LogP contribution is 2.23. The molecule has 148 valence electrons. The topological polar surface area (TPSA) is 57.8 Å². The Kier molecular flexibility index (Phi) is 6.91. The summed E-state index contributed by atoms with van der Waals surface area (Å²) in [7, 11) is 0. The largest absolute Gasteiger partial charge is 0.348 e. The molecular weight excluding hydrogens is 413 g/mol. The van der Waals surface area contributed by atoms with E-state index in [1.165, 1.54) is 0 Å². The second-order valence-corrected chi connectivity index (χ2v) is 8.12. The molecule has 0 bridgehead atoms. The number of aromatic amines is 1. The van der Waals surface area contributed by atoms with Gasteiger partial charge in [0, 0.05) is 33.8 Å². The van der Waals surface area contributed by atoms with Gasteiger partial charge in [-0.25, -0.2) is 4.98 Å². The second kappa shape index (κ2) is 9.21. The zero-order valence-corrected chi connectivity index (χ0v) is 18.3. The number of H-pyrrole nitrogens is 1. The molecule has 0 radical (unpaired) electrons. The van der Waals surface area contributed by atoms with Crippen LogP contribution in [0.1, 0.15) is 40.7 Å². The summed E-state index contributed by atoms with van der Waals surface area (Å²) in [6.45, 7) is 4.09. The Hall–Kier alpha value is -1.69. The fourth-order valence-electron chi connectivity index (χ4n) is 3.21. The van der Waals surface area contributed by atoms with E-state index >= 15 is 0 Å². The molecule has 0 saturated carbocycles. The molecule has 0 aliphatic rings. The van der Waals surface area contributed by atoms with Crippen molar-refractivity contribution in [3.05, 3.63) is 62.9 Å². The van der Waals surface area contributed by atoms with Crippen LogP contribution in [0.2, 0.25) is 10.0 Å². The summed E-state index contributed by atoms with van der Waals surface area (Å²) >= 11 is 16.6. The summed E-state index contributed by atoms with van der Waals surface area (Å²) in [5.74, 6) is 1.31. The average Bonchev–Trinajstić information content (AvgIpc) is 3.06. The number of rotatable bonds is 7. The summed E-state index contributed by atoms with van der Waals surface area (Å²) in [5, 5.41) is 4.23. The van der Waals surface area contributed by atoms with Gasteiger partial charge in [0.15, 0.2) is 0 Å². The van der Waals surface area contributed by atoms with Crippen LogP contribution in [-0.4, -0.2) is 27.7 Å². The highest BCUT2D eigenvalue weighted by molar-refractivity contribution is 7.80. The van der Waals surface area contributed by atoms with Crippen molar-refractivity contribution in [3.8, 4) is 0 Å². The molecule has 1 aromatic heterocycles. The van der Waals surface area contributed by atoms with E-state index in [0.29, 0.717) is 27.8 Å². The highest BCUT2D eigenvalue weighted by Gasteiger charge is 2.17. The van der Waals surface area contributed by atoms with Crippen molar-refractivity contribution >= 4 is 52.8 Å². The molecule has 2 aromatic carbocycles. The smallest absolute Gasteiger partial charge is 0.251 e. The lowest BCUT2D eigenvalue weighted by molar-refractivity contribution is 0.0941. The van der Waals surface area contributed by atoms with Gasteiger partial charge in [-0.05, 0) is 55.2 Å². The van der Waals surface area contributed by atoms with Crippen LogP contribution in [0, 0.1) is 6.92 Å². The number of hydrogen-bond acceptors (Lipinski definition) is 3. The van der Waals surface area contributed by atoms with Crippen LogP contribution in [0.5, 0.6) is 0 Å². The standard InChI is InChI=1S/C21H23Cl2N3OS/c1-3-4-19-25-18-9-14(7-12(2)20(18)26-19)21(27)24-16(11-28)8-13-5-6-15(22)10-17(13)23/h5-7,9-10,16,28H,3-4,8,11H2,1-2H3,(H,24,27)(H,25,26)/t16-/m1/s1. The van der Waals surface area contributed by atoms with E-state index in [1.807, 2.05) is 25.1 Å². The Labute approximate surface area is 180 Å². The summed E-state index contributed by atoms with van der Waals surface area (Å²) in [4.78, 5) is 20.8. The van der Waals surface area contributed by atoms with Gasteiger partial charge in [0.05, 0.1) is 11.0 Å². The van der Waals surface area contributed by atoms with Crippen molar-refractivity contribution in [2.24, 2.45) is 0 Å². The van der Waals surface area contributed by atoms with Crippen LogP contribution < -0.4 is 5.32 Å². The predicted molar refractivity (Wildman–Crippen MR) is 120 cm³/mol. The minimum atomic E-state index is -0.150. The van der Waals surface area contributed by atoms with Gasteiger partial charge in [-0.2, -0.15) is 12.6 Å². The van der Waals surface area contributed by atoms with Gasteiger partial charge < -0.3 is 10.3 Å². The first kappa shape index (κ1) is 21.0. The molecule has 2 N–H and O–H groups in total. The number of aromatic nitrogens is 2. The maximum absolute atomic E-state index is 12.8. The average molecular weight is 436 g/mol. The number of halogens is 2. The molecule has 0 fully saturated rings. The Balaban J connectivity index is 1.78. The number of carbonyl (C=O) groups excluding carboxylic acids is 1. The lowest BCUT2D eigenvalue weighted by atomic mass is 10.1. The van der Waals surface area contributed by atoms with Crippen LogP contribution in [0.25, 0.3) is 11.0 Å². The van der Waals surface area contributed by atoms with Crippen LogP contribution >= 0.6 is 35.8 Å². The maximum atomic E-state index is 12.8. The molecule has 3 aromatic rings. The summed E-state index contributed by atoms with van der Waals surface area (Å²) in [5.41, 5.74) is 4.31. The lowest BCUT2D eigenvalue weighted by Crippen LogP contribution is -2.38. The van der Waals surface area contributed by atoms with Gasteiger partial charge in [-0.3, -0.25) is 4.79 Å². The van der Waals surface area contributed by atoms with E-state index in [9.17, 15) is 4.79 Å². The lowest BCUT2D eigenvalue weighted by Gasteiger charge is -2.18. The first-order chi connectivity index (χ1) is 13.4. The number of hydrogen-bond donors (Lipinski definition) is 3. The summed E-state index contributed by atoms with van der Waals surface area (Å²) < 4.78 is 0. The van der Waals surface area contributed by atoms with Crippen LogP contribution in [0.4, 0.5) is 0 Å². The maximum Gasteiger partial charge on any atom is 0.251 e. The van der Waals surface area contributed by atoms with Crippen molar-refractivity contribution in [2.75, 3.05) is 5.75 Å². The zero-order valence-electron chi connectivity index (χ0n) is 15.9. The minimum Gasteiger partial charge on any atom is -0.348 e. The van der Waals surface area contributed by atoms with E-state index in [4.69, 9.17) is 23.2 Å². The minimum absolute atomic E-state index is 0.138. The number of imidazole rings is 1. The number of benzene rings is 2. The van der Waals surface area contributed by atoms with E-state index < -0.39 is 0 Å². The second-order valence-electron chi connectivity index (χ2n) is 6.92. The molecule has 3 rings (SSSR count). The molecule has 1 heterocycles. The number of amides is 1. The van der Waals surface area contributed by atoms with E-state index in [-0.39, 0.29) is 11.9 Å². The summed E-state index contributed by atoms with van der Waals surface area (Å²) in [6.07, 6.45) is 2.49. The Bertz CT molecular complexity index is 1000. The Morgan fingerprint density at radius 2 is 2.07 bits per heavy atom. The number of fused-ring (bicyclic) bond motifs is 1. The molecule has 0 aliphatic carbocycles. The quantitative estimate of drug-likeness (QED) is 0.435. The van der Waals surface area contributed by atoms with Crippen molar-refractivity contribution in [1.29, 1.82) is 0 Å². The summed E-state index contributed by atoms with van der Waals surface area (Å²) in [6, 6.07) is 8.96. The van der Waals surface area contributed by atoms with E-state index in [2.05, 4.69) is 34.8 Å². The van der Waals surface area contributed by atoms with Crippen LogP contribution in [-0.2, 0) is 12.8 Å². The van der Waals surface area contributed by atoms with Crippen molar-refractivity contribution in [1.82, 2.24) is 15.3 Å². The number of nitrogens with one attached hydrogen (secondary N) is 2. The van der Waals surface area contributed by atoms with Gasteiger partial charge in [0.2, 0.25) is 0 Å². The molecule has 0 saturated heterocycles. The van der Waals surface area contributed by atoms with Gasteiger partial charge in [0.25, 0.3) is 5.91 Å². The van der Waals surface area contributed by atoms with Crippen molar-refractivity contribution < 1.29 is 4.79 Å². The normalized spacial score (nSPS) is 12.3. The first-order valence-corrected chi connectivity index (χ1v) is 10.6. The van der Waals surface area contributed by atoms with E-state index in [1.54, 1.807) is 12.1 Å². The molecule has 1 amide bonds. The third-order valence-corrected chi connectivity index (χ3v) is 5.64. The molecule has 4 nitrogen and oxygen atoms in total. The molecule has 1 atom stereocenters. The third-order valence-electron chi connectivity index (χ3n) is 4.61. The van der Waals surface area contributed by atoms with Crippen LogP contribution in [0.15, 0.2) is 30.3 Å². The predicted octanol–water partition coefficient (Wildman–Crippen LogP) is 5.40. The first-order valence-electron chi connectivity index (χ1n) is 9.26. The molecule has 28 heavy (non-hydrogen) atoms. The number of thiol groups is 1. The Morgan fingerprint density at radius 3 is 2.75 bits per heavy atom. The Morgan fingerprint density at radius 1 is 1.29 bits per heavy atom. The SMILES string of the molecule is CCCc1nc2c(C)cc(C(=O)N[C@@H](CS)Cc3ccc(Cl)cc3Cl)cc2[nH]1. The molecular formula is C21H23Cl2N3OS. The molecule has 0 aliphatic heterocycles. The van der Waals surface area contributed by atoms with Crippen LogP contribution in [0.3, 0.4) is 0 Å². The van der Waals surface area contributed by atoms with Gasteiger partial charge >= 0.3 is 0 Å². The van der Waals surface area contributed by atoms with Gasteiger partial charge in [0.1, 0.15) is 5.82 Å². The number of nitrogens with zero attached hydrogens (tertiary/aromatic N) is 1. The molecule has 0 spiro atoms. The zero-order chi connectivity index (χ0) is 20.3. The fraction of sp³-hybridized carbons (Fsp3) is 0.333. The van der Waals surface area contributed by atoms with E-state index in [0.717, 1.165) is 40.8 Å². The molecule has 7 heteroatoms. The van der Waals surface area contributed by atoms with Crippen molar-refractivity contribution in [3.63, 3.8) is 0 Å². The van der Waals surface area contributed by atoms with Crippen molar-refractivity contribution in [2.45, 2.75) is 39.2 Å². The monoisotopic (exact) mass is 435 g/mol. The number of carbonyl (C=O) groups is 1. The van der Waals surface area contributed by atoms with Gasteiger partial charge in [-0.1, -0.05) is 36.2 Å². The molecule has 0 unspecified atom stereocenters. The van der Waals surface area contributed by atoms with Gasteiger partial charge in [-0.15, -0.1) is 0 Å². The number of aryl methyl sites for hydroxylation is 2. The fourth-order valence-corrected chi connectivity index (χ4v) is 3.92. The third kappa shape index (κ3) is 4.83. The highest BCUT2D eigenvalue weighted by atomic mass is 35.5.